The zero-order chi connectivity index (χ0) is 15.0. The van der Waals surface area contributed by atoms with Gasteiger partial charge in [-0.15, -0.1) is 11.3 Å². The molecular weight excluding hydrogens is 282 g/mol. The van der Waals surface area contributed by atoms with E-state index in [0.717, 1.165) is 18.1 Å². The van der Waals surface area contributed by atoms with Gasteiger partial charge in [0.1, 0.15) is 11.5 Å². The van der Waals surface area contributed by atoms with Crippen LogP contribution in [0.1, 0.15) is 35.9 Å². The van der Waals surface area contributed by atoms with Gasteiger partial charge in [0.2, 0.25) is 0 Å². The third-order valence-corrected chi connectivity index (χ3v) is 5.04. The first-order chi connectivity index (χ1) is 10.0. The Bertz CT molecular complexity index is 648. The number of methoxy groups -OCH3 is 1. The van der Waals surface area contributed by atoms with Gasteiger partial charge in [0.25, 0.3) is 0 Å². The lowest BCUT2D eigenvalue weighted by Gasteiger charge is -2.19. The number of rotatable bonds is 4. The van der Waals surface area contributed by atoms with Crippen molar-refractivity contribution in [1.82, 2.24) is 5.32 Å². The van der Waals surface area contributed by atoms with Gasteiger partial charge in [0, 0.05) is 21.2 Å². The van der Waals surface area contributed by atoms with E-state index >= 15 is 0 Å². The van der Waals surface area contributed by atoms with E-state index in [0.29, 0.717) is 0 Å². The Morgan fingerprint density at radius 3 is 2.81 bits per heavy atom. The molecule has 0 fully saturated rings. The highest BCUT2D eigenvalue weighted by atomic mass is 32.1. The second-order valence-corrected chi connectivity index (χ2v) is 6.98. The molecule has 2 aromatic rings. The number of ether oxygens (including phenoxy) is 2. The summed E-state index contributed by atoms with van der Waals surface area (Å²) in [5.74, 6) is 1.93. The second kappa shape index (κ2) is 5.35. The summed E-state index contributed by atoms with van der Waals surface area (Å²) in [7, 11) is 3.70. The number of fused-ring (bicyclic) bond motifs is 1. The molecular formula is C17H21NO2S. The van der Waals surface area contributed by atoms with Crippen molar-refractivity contribution in [2.45, 2.75) is 25.3 Å². The monoisotopic (exact) mass is 303 g/mol. The minimum atomic E-state index is 0.0801. The molecule has 3 rings (SSSR count). The fourth-order valence-corrected chi connectivity index (χ4v) is 3.77. The van der Waals surface area contributed by atoms with Crippen LogP contribution >= 0.6 is 11.3 Å². The van der Waals surface area contributed by atoms with Gasteiger partial charge < -0.3 is 14.8 Å². The zero-order valence-corrected chi connectivity index (χ0v) is 13.7. The highest BCUT2D eigenvalue weighted by molar-refractivity contribution is 7.10. The van der Waals surface area contributed by atoms with Gasteiger partial charge in [-0.1, -0.05) is 19.9 Å². The maximum absolute atomic E-state index is 5.77. The summed E-state index contributed by atoms with van der Waals surface area (Å²) in [4.78, 5) is 1.26. The molecule has 1 atom stereocenters. The summed E-state index contributed by atoms with van der Waals surface area (Å²) in [6, 6.07) is 8.79. The van der Waals surface area contributed by atoms with Crippen LogP contribution in [0.3, 0.4) is 0 Å². The third kappa shape index (κ3) is 2.54. The van der Waals surface area contributed by atoms with Crippen LogP contribution in [0.4, 0.5) is 0 Å². The third-order valence-electron chi connectivity index (χ3n) is 4.06. The number of hydrogen-bond acceptors (Lipinski definition) is 4. The van der Waals surface area contributed by atoms with Gasteiger partial charge in [-0.05, 0) is 30.8 Å². The van der Waals surface area contributed by atoms with Gasteiger partial charge in [-0.25, -0.2) is 0 Å². The predicted octanol–water partition coefficient (Wildman–Crippen LogP) is 3.74. The Labute approximate surface area is 129 Å². The Morgan fingerprint density at radius 2 is 2.14 bits per heavy atom. The summed E-state index contributed by atoms with van der Waals surface area (Å²) in [5, 5.41) is 5.45. The molecule has 3 nitrogen and oxygen atoms in total. The first-order valence-corrected chi connectivity index (χ1v) is 8.00. The molecule has 1 aromatic heterocycles. The van der Waals surface area contributed by atoms with Crippen LogP contribution in [0, 0.1) is 0 Å². The fraction of sp³-hybridized carbons (Fsp3) is 0.412. The molecule has 0 aliphatic carbocycles. The standard InChI is InChI=1S/C17H21NO2S/c1-17(2)10-20-14-6-5-11(7-13(14)17)16(18-3)15-8-12(19-4)9-21-15/h5-9,16,18H,10H2,1-4H3. The van der Waals surface area contributed by atoms with E-state index in [4.69, 9.17) is 9.47 Å². The molecule has 1 aliphatic heterocycles. The molecule has 0 spiro atoms. The topological polar surface area (TPSA) is 30.5 Å². The number of thiophene rings is 1. The van der Waals surface area contributed by atoms with Crippen LogP contribution in [-0.4, -0.2) is 20.8 Å². The van der Waals surface area contributed by atoms with Gasteiger partial charge >= 0.3 is 0 Å². The van der Waals surface area contributed by atoms with Crippen LogP contribution in [0.5, 0.6) is 11.5 Å². The molecule has 1 unspecified atom stereocenters. The summed E-state index contributed by atoms with van der Waals surface area (Å²) >= 11 is 1.72. The molecule has 0 saturated carbocycles. The van der Waals surface area contributed by atoms with E-state index < -0.39 is 0 Å². The molecule has 1 aliphatic rings. The molecule has 21 heavy (non-hydrogen) atoms. The van der Waals surface area contributed by atoms with Crippen molar-refractivity contribution < 1.29 is 9.47 Å². The SMILES string of the molecule is CNC(c1ccc2c(c1)C(C)(C)CO2)c1cc(OC)cs1. The predicted molar refractivity (Wildman–Crippen MR) is 86.7 cm³/mol. The number of hydrogen-bond donors (Lipinski definition) is 1. The maximum Gasteiger partial charge on any atom is 0.129 e. The minimum Gasteiger partial charge on any atom is -0.496 e. The molecule has 4 heteroatoms. The fourth-order valence-electron chi connectivity index (χ4n) is 2.78. The summed E-state index contributed by atoms with van der Waals surface area (Å²) in [6.45, 7) is 5.21. The number of benzene rings is 1. The maximum atomic E-state index is 5.77. The summed E-state index contributed by atoms with van der Waals surface area (Å²) in [6.07, 6.45) is 0. The van der Waals surface area contributed by atoms with Crippen molar-refractivity contribution >= 4 is 11.3 Å². The summed E-state index contributed by atoms with van der Waals surface area (Å²) < 4.78 is 11.1. The Balaban J connectivity index is 1.98. The van der Waals surface area contributed by atoms with Gasteiger partial charge in [0.05, 0.1) is 19.8 Å². The quantitative estimate of drug-likeness (QED) is 0.933. The molecule has 0 radical (unpaired) electrons. The lowest BCUT2D eigenvalue weighted by atomic mass is 9.85. The van der Waals surface area contributed by atoms with Crippen molar-refractivity contribution in [3.05, 3.63) is 45.6 Å². The van der Waals surface area contributed by atoms with E-state index in [2.05, 4.69) is 43.4 Å². The summed E-state index contributed by atoms with van der Waals surface area (Å²) in [5.41, 5.74) is 2.64. The lowest BCUT2D eigenvalue weighted by molar-refractivity contribution is 0.291. The highest BCUT2D eigenvalue weighted by Crippen LogP contribution is 2.41. The van der Waals surface area contributed by atoms with Crippen molar-refractivity contribution in [2.75, 3.05) is 20.8 Å². The van der Waals surface area contributed by atoms with E-state index in [-0.39, 0.29) is 11.5 Å². The number of nitrogens with one attached hydrogen (secondary N) is 1. The molecule has 112 valence electrons. The van der Waals surface area contributed by atoms with Crippen LogP contribution < -0.4 is 14.8 Å². The average molecular weight is 303 g/mol. The molecule has 0 saturated heterocycles. The largest absolute Gasteiger partial charge is 0.496 e. The van der Waals surface area contributed by atoms with Gasteiger partial charge in [0.15, 0.2) is 0 Å². The van der Waals surface area contributed by atoms with E-state index in [1.807, 2.05) is 12.4 Å². The van der Waals surface area contributed by atoms with Crippen LogP contribution in [0.2, 0.25) is 0 Å². The Hall–Kier alpha value is -1.52. The minimum absolute atomic E-state index is 0.0801. The van der Waals surface area contributed by atoms with Gasteiger partial charge in [-0.3, -0.25) is 0 Å². The van der Waals surface area contributed by atoms with Crippen molar-refractivity contribution in [3.8, 4) is 11.5 Å². The normalized spacial score (nSPS) is 17.1. The first kappa shape index (κ1) is 14.4. The van der Waals surface area contributed by atoms with Gasteiger partial charge in [-0.2, -0.15) is 0 Å². The highest BCUT2D eigenvalue weighted by Gasteiger charge is 2.32. The van der Waals surface area contributed by atoms with E-state index in [1.54, 1.807) is 18.4 Å². The van der Waals surface area contributed by atoms with E-state index in [1.165, 1.54) is 16.0 Å². The molecule has 0 amide bonds. The van der Waals surface area contributed by atoms with Crippen molar-refractivity contribution in [1.29, 1.82) is 0 Å². The molecule has 1 aromatic carbocycles. The van der Waals surface area contributed by atoms with Crippen LogP contribution in [-0.2, 0) is 5.41 Å². The van der Waals surface area contributed by atoms with Crippen molar-refractivity contribution in [2.24, 2.45) is 0 Å². The Kier molecular flexibility index (Phi) is 3.68. The average Bonchev–Trinajstić information content (AvgIpc) is 3.06. The van der Waals surface area contributed by atoms with Crippen molar-refractivity contribution in [3.63, 3.8) is 0 Å². The Morgan fingerprint density at radius 1 is 1.33 bits per heavy atom. The van der Waals surface area contributed by atoms with Crippen LogP contribution in [0.15, 0.2) is 29.6 Å². The second-order valence-electron chi connectivity index (χ2n) is 6.04. The van der Waals surface area contributed by atoms with E-state index in [9.17, 15) is 0 Å². The van der Waals surface area contributed by atoms with Crippen LogP contribution in [0.25, 0.3) is 0 Å². The lowest BCUT2D eigenvalue weighted by Crippen LogP contribution is -2.20. The smallest absolute Gasteiger partial charge is 0.129 e. The first-order valence-electron chi connectivity index (χ1n) is 7.12. The molecule has 1 N–H and O–H groups in total. The zero-order valence-electron chi connectivity index (χ0n) is 12.9. The molecule has 0 bridgehead atoms. The molecule has 2 heterocycles.